The van der Waals surface area contributed by atoms with Crippen molar-refractivity contribution in [3.8, 4) is 5.75 Å². The van der Waals surface area contributed by atoms with E-state index in [1.54, 1.807) is 11.3 Å². The Kier molecular flexibility index (Phi) is 4.03. The minimum Gasteiger partial charge on any atom is -0.493 e. The fraction of sp³-hybridized carbons (Fsp3) is 0.438. The molecule has 0 saturated carbocycles. The quantitative estimate of drug-likeness (QED) is 0.932. The van der Waals surface area contributed by atoms with Crippen molar-refractivity contribution >= 4 is 11.3 Å². The average Bonchev–Trinajstić information content (AvgIpc) is 2.91. The molecule has 3 nitrogen and oxygen atoms in total. The first-order chi connectivity index (χ1) is 9.79. The molecule has 2 aromatic rings. The zero-order valence-corrected chi connectivity index (χ0v) is 12.7. The molecule has 0 bridgehead atoms. The highest BCUT2D eigenvalue weighted by Gasteiger charge is 2.25. The Bertz CT molecular complexity index is 581. The lowest BCUT2D eigenvalue weighted by Gasteiger charge is -2.28. The molecule has 1 aliphatic rings. The van der Waals surface area contributed by atoms with Gasteiger partial charge >= 0.3 is 0 Å². The van der Waals surface area contributed by atoms with E-state index in [9.17, 15) is 0 Å². The van der Waals surface area contributed by atoms with E-state index in [2.05, 4.69) is 35.4 Å². The minimum absolute atomic E-state index is 0.374. The monoisotopic (exact) mass is 288 g/mol. The van der Waals surface area contributed by atoms with Crippen LogP contribution in [0.15, 0.2) is 29.8 Å². The van der Waals surface area contributed by atoms with Crippen molar-refractivity contribution in [3.63, 3.8) is 0 Å². The molecule has 1 N–H and O–H groups in total. The molecule has 0 fully saturated rings. The van der Waals surface area contributed by atoms with Crippen LogP contribution in [-0.2, 0) is 0 Å². The summed E-state index contributed by atoms with van der Waals surface area (Å²) in [6.07, 6.45) is 2.19. The number of hydrogen-bond acceptors (Lipinski definition) is 4. The molecule has 20 heavy (non-hydrogen) atoms. The second kappa shape index (κ2) is 5.94. The SMILES string of the molecule is CNC(CC1CCOc2ccccc21)c1scnc1C. The molecular formula is C16H20N2OS. The number of fused-ring (bicyclic) bond motifs is 1. The maximum absolute atomic E-state index is 5.75. The van der Waals surface area contributed by atoms with Gasteiger partial charge in [0.25, 0.3) is 0 Å². The maximum atomic E-state index is 5.75. The second-order valence-electron chi connectivity index (χ2n) is 5.25. The number of aromatic nitrogens is 1. The average molecular weight is 288 g/mol. The number of hydrogen-bond donors (Lipinski definition) is 1. The van der Waals surface area contributed by atoms with Gasteiger partial charge in [-0.1, -0.05) is 18.2 Å². The van der Waals surface area contributed by atoms with E-state index in [0.29, 0.717) is 12.0 Å². The lowest BCUT2D eigenvalue weighted by Crippen LogP contribution is -2.22. The summed E-state index contributed by atoms with van der Waals surface area (Å²) < 4.78 is 5.75. The fourth-order valence-corrected chi connectivity index (χ4v) is 3.87. The van der Waals surface area contributed by atoms with Crippen molar-refractivity contribution in [1.82, 2.24) is 10.3 Å². The molecule has 4 heteroatoms. The summed E-state index contributed by atoms with van der Waals surface area (Å²) >= 11 is 1.75. The molecule has 0 spiro atoms. The number of nitrogens with one attached hydrogen (secondary N) is 1. The van der Waals surface area contributed by atoms with Crippen LogP contribution in [0.1, 0.15) is 40.9 Å². The van der Waals surface area contributed by atoms with E-state index in [-0.39, 0.29) is 0 Å². The largest absolute Gasteiger partial charge is 0.493 e. The van der Waals surface area contributed by atoms with Gasteiger partial charge in [-0.25, -0.2) is 4.98 Å². The first-order valence-corrected chi connectivity index (χ1v) is 7.96. The van der Waals surface area contributed by atoms with Crippen LogP contribution in [0.3, 0.4) is 0 Å². The van der Waals surface area contributed by atoms with Crippen LogP contribution in [0, 0.1) is 6.92 Å². The Hall–Kier alpha value is -1.39. The minimum atomic E-state index is 0.374. The normalized spacial score (nSPS) is 19.2. The number of thiazole rings is 1. The standard InChI is InChI=1S/C16H20N2OS/c1-11-16(20-10-18-11)14(17-2)9-12-7-8-19-15-6-4-3-5-13(12)15/h3-6,10,12,14,17H,7-9H2,1-2H3. The van der Waals surface area contributed by atoms with Crippen LogP contribution < -0.4 is 10.1 Å². The van der Waals surface area contributed by atoms with E-state index in [4.69, 9.17) is 4.74 Å². The molecule has 1 aromatic carbocycles. The number of ether oxygens (including phenoxy) is 1. The molecule has 0 saturated heterocycles. The van der Waals surface area contributed by atoms with E-state index in [1.807, 2.05) is 18.6 Å². The maximum Gasteiger partial charge on any atom is 0.122 e. The Balaban J connectivity index is 1.82. The Morgan fingerprint density at radius 2 is 2.30 bits per heavy atom. The first kappa shape index (κ1) is 13.6. The highest BCUT2D eigenvalue weighted by molar-refractivity contribution is 7.09. The van der Waals surface area contributed by atoms with Gasteiger partial charge in [0.2, 0.25) is 0 Å². The van der Waals surface area contributed by atoms with Gasteiger partial charge < -0.3 is 10.1 Å². The molecule has 1 aliphatic heterocycles. The lowest BCUT2D eigenvalue weighted by molar-refractivity contribution is 0.256. The van der Waals surface area contributed by atoms with Crippen molar-refractivity contribution in [1.29, 1.82) is 0 Å². The summed E-state index contributed by atoms with van der Waals surface area (Å²) in [5.41, 5.74) is 4.43. The highest BCUT2D eigenvalue weighted by atomic mass is 32.1. The third-order valence-electron chi connectivity index (χ3n) is 4.05. The molecule has 0 radical (unpaired) electrons. The van der Waals surface area contributed by atoms with Gasteiger partial charge in [-0.2, -0.15) is 0 Å². The summed E-state index contributed by atoms with van der Waals surface area (Å²) in [5, 5.41) is 3.45. The highest BCUT2D eigenvalue weighted by Crippen LogP contribution is 2.39. The fourth-order valence-electron chi connectivity index (χ4n) is 2.95. The van der Waals surface area contributed by atoms with Gasteiger partial charge in [-0.15, -0.1) is 11.3 Å². The Morgan fingerprint density at radius 3 is 3.05 bits per heavy atom. The molecule has 3 rings (SSSR count). The van der Waals surface area contributed by atoms with E-state index < -0.39 is 0 Å². The van der Waals surface area contributed by atoms with Crippen molar-refractivity contribution < 1.29 is 4.74 Å². The number of nitrogens with zero attached hydrogens (tertiary/aromatic N) is 1. The van der Waals surface area contributed by atoms with Crippen LogP contribution in [0.2, 0.25) is 0 Å². The zero-order valence-electron chi connectivity index (χ0n) is 11.9. The smallest absolute Gasteiger partial charge is 0.122 e. The van der Waals surface area contributed by atoms with Gasteiger partial charge in [-0.05, 0) is 44.4 Å². The van der Waals surface area contributed by atoms with Gasteiger partial charge in [0.1, 0.15) is 5.75 Å². The Labute approximate surface area is 124 Å². The number of aryl methyl sites for hydroxylation is 1. The molecule has 0 aliphatic carbocycles. The van der Waals surface area contributed by atoms with E-state index in [1.165, 1.54) is 10.4 Å². The summed E-state index contributed by atoms with van der Waals surface area (Å²) in [6, 6.07) is 8.80. The summed E-state index contributed by atoms with van der Waals surface area (Å²) in [7, 11) is 2.04. The molecule has 106 valence electrons. The van der Waals surface area contributed by atoms with Gasteiger partial charge in [0, 0.05) is 10.9 Å². The van der Waals surface area contributed by atoms with Gasteiger partial charge in [0.15, 0.2) is 0 Å². The lowest BCUT2D eigenvalue weighted by atomic mass is 9.87. The topological polar surface area (TPSA) is 34.1 Å². The van der Waals surface area contributed by atoms with Crippen molar-refractivity contribution in [2.24, 2.45) is 0 Å². The van der Waals surface area contributed by atoms with Crippen LogP contribution in [0.5, 0.6) is 5.75 Å². The number of rotatable bonds is 4. The van der Waals surface area contributed by atoms with Crippen molar-refractivity contribution in [2.75, 3.05) is 13.7 Å². The molecule has 2 atom stereocenters. The van der Waals surface area contributed by atoms with Crippen LogP contribution in [-0.4, -0.2) is 18.6 Å². The van der Waals surface area contributed by atoms with Crippen molar-refractivity contribution in [2.45, 2.75) is 31.7 Å². The third-order valence-corrected chi connectivity index (χ3v) is 5.10. The first-order valence-electron chi connectivity index (χ1n) is 7.08. The molecule has 0 amide bonds. The van der Waals surface area contributed by atoms with E-state index >= 15 is 0 Å². The van der Waals surface area contributed by atoms with Gasteiger partial charge in [-0.3, -0.25) is 0 Å². The third kappa shape index (κ3) is 2.58. The Morgan fingerprint density at radius 1 is 1.45 bits per heavy atom. The molecule has 2 heterocycles. The second-order valence-corrected chi connectivity index (χ2v) is 6.14. The number of benzene rings is 1. The predicted molar refractivity (Wildman–Crippen MR) is 82.6 cm³/mol. The predicted octanol–water partition coefficient (Wildman–Crippen LogP) is 3.67. The molecule has 2 unspecified atom stereocenters. The van der Waals surface area contributed by atoms with E-state index in [0.717, 1.165) is 30.9 Å². The van der Waals surface area contributed by atoms with Crippen LogP contribution in [0.4, 0.5) is 0 Å². The number of para-hydroxylation sites is 1. The molecule has 1 aromatic heterocycles. The van der Waals surface area contributed by atoms with Crippen molar-refractivity contribution in [3.05, 3.63) is 45.9 Å². The van der Waals surface area contributed by atoms with Crippen LogP contribution >= 0.6 is 11.3 Å². The zero-order chi connectivity index (χ0) is 13.9. The summed E-state index contributed by atoms with van der Waals surface area (Å²) in [6.45, 7) is 2.91. The summed E-state index contributed by atoms with van der Waals surface area (Å²) in [4.78, 5) is 5.73. The van der Waals surface area contributed by atoms with Gasteiger partial charge in [0.05, 0.1) is 17.8 Å². The van der Waals surface area contributed by atoms with Crippen LogP contribution in [0.25, 0.3) is 0 Å². The summed E-state index contributed by atoms with van der Waals surface area (Å²) in [5.74, 6) is 1.61. The molecular weight excluding hydrogens is 268 g/mol.